The number of nitrogens with zero attached hydrogens (tertiary/aromatic N) is 3. The van der Waals surface area contributed by atoms with Gasteiger partial charge in [0.1, 0.15) is 0 Å². The Hall–Kier alpha value is -0.900. The quantitative estimate of drug-likeness (QED) is 0.763. The second-order valence-corrected chi connectivity index (χ2v) is 3.24. The van der Waals surface area contributed by atoms with Crippen molar-refractivity contribution in [1.82, 2.24) is 15.0 Å². The molecule has 0 aliphatic rings. The van der Waals surface area contributed by atoms with Crippen LogP contribution < -0.4 is 5.73 Å². The van der Waals surface area contributed by atoms with E-state index < -0.39 is 0 Å². The molecule has 0 aromatic carbocycles. The lowest BCUT2D eigenvalue weighted by Gasteiger charge is -2.11. The maximum absolute atomic E-state index is 5.57. The highest BCUT2D eigenvalue weighted by molar-refractivity contribution is 5.10. The fraction of sp³-hybridized carbons (Fsp3) is 0.778. The first-order chi connectivity index (χ1) is 6.24. The summed E-state index contributed by atoms with van der Waals surface area (Å²) in [6, 6.07) is 0.419. The Morgan fingerprint density at radius 3 is 2.62 bits per heavy atom. The summed E-state index contributed by atoms with van der Waals surface area (Å²) >= 11 is 0. The first kappa shape index (κ1) is 10.2. The fourth-order valence-corrected chi connectivity index (χ4v) is 1.40. The number of aromatic nitrogens is 3. The minimum Gasteiger partial charge on any atom is -0.325 e. The van der Waals surface area contributed by atoms with Crippen molar-refractivity contribution in [2.45, 2.75) is 46.2 Å². The highest BCUT2D eigenvalue weighted by Crippen LogP contribution is 2.14. The third-order valence-electron chi connectivity index (χ3n) is 2.41. The van der Waals surface area contributed by atoms with Crippen LogP contribution in [0.4, 0.5) is 0 Å². The van der Waals surface area contributed by atoms with E-state index in [2.05, 4.69) is 31.1 Å². The highest BCUT2D eigenvalue weighted by Gasteiger charge is 2.12. The summed E-state index contributed by atoms with van der Waals surface area (Å²) in [4.78, 5) is 0. The Morgan fingerprint density at radius 2 is 2.15 bits per heavy atom. The predicted molar refractivity (Wildman–Crippen MR) is 52.3 cm³/mol. The average Bonchev–Trinajstić information content (AvgIpc) is 2.58. The summed E-state index contributed by atoms with van der Waals surface area (Å²) < 4.78 is 1.99. The molecule has 1 aromatic rings. The maximum atomic E-state index is 5.57. The van der Waals surface area contributed by atoms with E-state index >= 15 is 0 Å². The van der Waals surface area contributed by atoms with Crippen LogP contribution in [0.1, 0.15) is 44.6 Å². The predicted octanol–water partition coefficient (Wildman–Crippen LogP) is 1.27. The Labute approximate surface area is 79.1 Å². The zero-order chi connectivity index (χ0) is 9.84. The number of nitrogens with two attached hydrogens (primary N) is 1. The molecule has 0 bridgehead atoms. The van der Waals surface area contributed by atoms with E-state index in [1.807, 2.05) is 4.68 Å². The van der Waals surface area contributed by atoms with Crippen molar-refractivity contribution in [1.29, 1.82) is 0 Å². The molecule has 0 amide bonds. The van der Waals surface area contributed by atoms with Gasteiger partial charge in [-0.05, 0) is 19.8 Å². The van der Waals surface area contributed by atoms with E-state index in [1.165, 1.54) is 5.69 Å². The van der Waals surface area contributed by atoms with Crippen LogP contribution in [-0.2, 0) is 13.0 Å². The maximum Gasteiger partial charge on any atom is 0.0994 e. The standard InChI is InChI=1S/C9H18N4/c1-4-7(3)13-9(5-2)8(6-10)11-12-13/h7H,4-6,10H2,1-3H3. The van der Waals surface area contributed by atoms with Gasteiger partial charge in [0, 0.05) is 6.54 Å². The molecule has 74 valence electrons. The Balaban J connectivity index is 3.00. The van der Waals surface area contributed by atoms with Crippen LogP contribution in [0.2, 0.25) is 0 Å². The molecular formula is C9H18N4. The molecule has 0 radical (unpaired) electrons. The zero-order valence-electron chi connectivity index (χ0n) is 8.62. The van der Waals surface area contributed by atoms with E-state index in [0.29, 0.717) is 12.6 Å². The van der Waals surface area contributed by atoms with Gasteiger partial charge >= 0.3 is 0 Å². The molecule has 4 nitrogen and oxygen atoms in total. The van der Waals surface area contributed by atoms with Gasteiger partial charge in [0.2, 0.25) is 0 Å². The van der Waals surface area contributed by atoms with Gasteiger partial charge in [-0.15, -0.1) is 5.10 Å². The normalized spacial score (nSPS) is 13.2. The van der Waals surface area contributed by atoms with E-state index in [4.69, 9.17) is 5.73 Å². The van der Waals surface area contributed by atoms with Crippen LogP contribution in [0.5, 0.6) is 0 Å². The topological polar surface area (TPSA) is 56.7 Å². The summed E-state index contributed by atoms with van der Waals surface area (Å²) in [6.45, 7) is 6.89. The lowest BCUT2D eigenvalue weighted by molar-refractivity contribution is 0.449. The lowest BCUT2D eigenvalue weighted by atomic mass is 10.2. The molecule has 0 fully saturated rings. The lowest BCUT2D eigenvalue weighted by Crippen LogP contribution is -2.10. The van der Waals surface area contributed by atoms with Crippen molar-refractivity contribution in [3.8, 4) is 0 Å². The summed E-state index contributed by atoms with van der Waals surface area (Å²) in [5, 5.41) is 8.18. The molecule has 1 atom stereocenters. The number of hydrogen-bond acceptors (Lipinski definition) is 3. The molecule has 0 saturated carbocycles. The van der Waals surface area contributed by atoms with Gasteiger partial charge in [-0.1, -0.05) is 19.1 Å². The largest absolute Gasteiger partial charge is 0.325 e. The van der Waals surface area contributed by atoms with E-state index in [1.54, 1.807) is 0 Å². The number of rotatable bonds is 4. The van der Waals surface area contributed by atoms with Crippen molar-refractivity contribution < 1.29 is 0 Å². The zero-order valence-corrected chi connectivity index (χ0v) is 8.62. The first-order valence-corrected chi connectivity index (χ1v) is 4.87. The van der Waals surface area contributed by atoms with Crippen molar-refractivity contribution in [3.05, 3.63) is 11.4 Å². The van der Waals surface area contributed by atoms with Gasteiger partial charge in [0.05, 0.1) is 17.4 Å². The van der Waals surface area contributed by atoms with Crippen LogP contribution in [0.15, 0.2) is 0 Å². The second kappa shape index (κ2) is 4.37. The van der Waals surface area contributed by atoms with E-state index in [-0.39, 0.29) is 0 Å². The highest BCUT2D eigenvalue weighted by atomic mass is 15.4. The van der Waals surface area contributed by atoms with E-state index in [9.17, 15) is 0 Å². The van der Waals surface area contributed by atoms with Gasteiger partial charge in [-0.2, -0.15) is 0 Å². The van der Waals surface area contributed by atoms with Gasteiger partial charge in [-0.25, -0.2) is 4.68 Å². The first-order valence-electron chi connectivity index (χ1n) is 4.87. The minimum absolute atomic E-state index is 0.419. The van der Waals surface area contributed by atoms with Crippen molar-refractivity contribution in [2.24, 2.45) is 5.73 Å². The molecule has 0 spiro atoms. The third kappa shape index (κ3) is 1.88. The molecule has 1 aromatic heterocycles. The van der Waals surface area contributed by atoms with Gasteiger partial charge in [0.25, 0.3) is 0 Å². The van der Waals surface area contributed by atoms with Gasteiger partial charge < -0.3 is 5.73 Å². The Bertz CT molecular complexity index is 267. The van der Waals surface area contributed by atoms with Crippen LogP contribution in [-0.4, -0.2) is 15.0 Å². The second-order valence-electron chi connectivity index (χ2n) is 3.24. The van der Waals surface area contributed by atoms with Crippen molar-refractivity contribution >= 4 is 0 Å². The average molecular weight is 182 g/mol. The Kier molecular flexibility index (Phi) is 3.42. The molecule has 13 heavy (non-hydrogen) atoms. The SMILES string of the molecule is CCc1c(CN)nnn1C(C)CC. The summed E-state index contributed by atoms with van der Waals surface area (Å²) in [5.41, 5.74) is 7.68. The molecule has 1 heterocycles. The van der Waals surface area contributed by atoms with Crippen molar-refractivity contribution in [2.75, 3.05) is 0 Å². The fourth-order valence-electron chi connectivity index (χ4n) is 1.40. The molecule has 0 aliphatic carbocycles. The Morgan fingerprint density at radius 1 is 1.46 bits per heavy atom. The van der Waals surface area contributed by atoms with Gasteiger partial charge in [0.15, 0.2) is 0 Å². The summed E-state index contributed by atoms with van der Waals surface area (Å²) in [6.07, 6.45) is 2.02. The molecule has 1 rings (SSSR count). The molecular weight excluding hydrogens is 164 g/mol. The monoisotopic (exact) mass is 182 g/mol. The van der Waals surface area contributed by atoms with Crippen LogP contribution in [0.25, 0.3) is 0 Å². The van der Waals surface area contributed by atoms with Crippen LogP contribution >= 0.6 is 0 Å². The molecule has 0 aliphatic heterocycles. The third-order valence-corrected chi connectivity index (χ3v) is 2.41. The van der Waals surface area contributed by atoms with Crippen LogP contribution in [0.3, 0.4) is 0 Å². The summed E-state index contributed by atoms with van der Waals surface area (Å²) in [5.74, 6) is 0. The van der Waals surface area contributed by atoms with E-state index in [0.717, 1.165) is 18.5 Å². The number of hydrogen-bond donors (Lipinski definition) is 1. The smallest absolute Gasteiger partial charge is 0.0994 e. The molecule has 4 heteroatoms. The molecule has 0 saturated heterocycles. The van der Waals surface area contributed by atoms with Crippen LogP contribution in [0, 0.1) is 0 Å². The molecule has 2 N–H and O–H groups in total. The van der Waals surface area contributed by atoms with Gasteiger partial charge in [-0.3, -0.25) is 0 Å². The summed E-state index contributed by atoms with van der Waals surface area (Å²) in [7, 11) is 0. The minimum atomic E-state index is 0.419. The van der Waals surface area contributed by atoms with Crippen molar-refractivity contribution in [3.63, 3.8) is 0 Å². The molecule has 1 unspecified atom stereocenters.